The third-order valence-electron chi connectivity index (χ3n) is 2.99. The number of nitrogens with zero attached hydrogens (tertiary/aromatic N) is 1. The van der Waals surface area contributed by atoms with Crippen LogP contribution >= 0.6 is 12.6 Å². The first kappa shape index (κ1) is 9.91. The van der Waals surface area contributed by atoms with Crippen LogP contribution in [0.25, 0.3) is 0 Å². The number of anilines is 1. The standard InChI is InChI=1S/C12H17NS/c14-10-11-6-8-13(9-7-11)12-4-2-1-3-5-12/h1-5,11,14H,6-10H2. The van der Waals surface area contributed by atoms with E-state index in [4.69, 9.17) is 0 Å². The lowest BCUT2D eigenvalue weighted by molar-refractivity contribution is 0.446. The molecule has 1 aliphatic rings. The highest BCUT2D eigenvalue weighted by Gasteiger charge is 2.17. The molecule has 0 atom stereocenters. The summed E-state index contributed by atoms with van der Waals surface area (Å²) >= 11 is 4.36. The van der Waals surface area contributed by atoms with E-state index in [1.165, 1.54) is 31.6 Å². The van der Waals surface area contributed by atoms with E-state index >= 15 is 0 Å². The minimum absolute atomic E-state index is 0.832. The molecule has 1 fully saturated rings. The summed E-state index contributed by atoms with van der Waals surface area (Å²) in [6.45, 7) is 2.38. The van der Waals surface area contributed by atoms with Crippen LogP contribution in [-0.2, 0) is 0 Å². The van der Waals surface area contributed by atoms with Crippen molar-refractivity contribution in [2.24, 2.45) is 5.92 Å². The van der Waals surface area contributed by atoms with E-state index < -0.39 is 0 Å². The molecule has 1 saturated heterocycles. The quantitative estimate of drug-likeness (QED) is 0.730. The first-order valence-electron chi connectivity index (χ1n) is 5.31. The van der Waals surface area contributed by atoms with Crippen LogP contribution in [0.2, 0.25) is 0 Å². The molecule has 1 aromatic carbocycles. The minimum Gasteiger partial charge on any atom is -0.372 e. The van der Waals surface area contributed by atoms with Gasteiger partial charge in [0.1, 0.15) is 0 Å². The molecule has 1 heterocycles. The van der Waals surface area contributed by atoms with Gasteiger partial charge < -0.3 is 4.90 Å². The Bertz CT molecular complexity index is 265. The molecule has 1 nitrogen and oxygen atoms in total. The van der Waals surface area contributed by atoms with E-state index in [1.807, 2.05) is 0 Å². The van der Waals surface area contributed by atoms with Crippen molar-refractivity contribution in [3.8, 4) is 0 Å². The lowest BCUT2D eigenvalue weighted by atomic mass is 9.98. The molecule has 0 amide bonds. The van der Waals surface area contributed by atoms with Gasteiger partial charge in [0.05, 0.1) is 0 Å². The van der Waals surface area contributed by atoms with E-state index in [0.29, 0.717) is 0 Å². The average molecular weight is 207 g/mol. The average Bonchev–Trinajstić information content (AvgIpc) is 2.30. The molecular formula is C12H17NS. The third kappa shape index (κ3) is 2.24. The Hall–Kier alpha value is -0.630. The summed E-state index contributed by atoms with van der Waals surface area (Å²) in [7, 11) is 0. The SMILES string of the molecule is SCC1CCN(c2ccccc2)CC1. The molecule has 0 aliphatic carbocycles. The number of hydrogen-bond donors (Lipinski definition) is 1. The number of piperidine rings is 1. The Morgan fingerprint density at radius 1 is 1.14 bits per heavy atom. The van der Waals surface area contributed by atoms with Crippen LogP contribution in [0.1, 0.15) is 12.8 Å². The highest BCUT2D eigenvalue weighted by atomic mass is 32.1. The van der Waals surface area contributed by atoms with Crippen molar-refractivity contribution in [2.45, 2.75) is 12.8 Å². The molecule has 0 spiro atoms. The van der Waals surface area contributed by atoms with Crippen molar-refractivity contribution in [1.29, 1.82) is 0 Å². The second-order valence-electron chi connectivity index (χ2n) is 3.95. The molecule has 2 rings (SSSR count). The van der Waals surface area contributed by atoms with Gasteiger partial charge in [0.15, 0.2) is 0 Å². The maximum absolute atomic E-state index is 4.36. The minimum atomic E-state index is 0.832. The highest BCUT2D eigenvalue weighted by molar-refractivity contribution is 7.80. The predicted molar refractivity (Wildman–Crippen MR) is 65.2 cm³/mol. The molecule has 1 aliphatic heterocycles. The maximum atomic E-state index is 4.36. The number of rotatable bonds is 2. The summed E-state index contributed by atoms with van der Waals surface area (Å²) in [5.74, 6) is 1.88. The van der Waals surface area contributed by atoms with Crippen molar-refractivity contribution in [3.63, 3.8) is 0 Å². The monoisotopic (exact) mass is 207 g/mol. The molecule has 76 valence electrons. The van der Waals surface area contributed by atoms with Crippen LogP contribution in [0.3, 0.4) is 0 Å². The molecule has 0 radical (unpaired) electrons. The third-order valence-corrected chi connectivity index (χ3v) is 3.51. The first-order chi connectivity index (χ1) is 6.90. The Kier molecular flexibility index (Phi) is 3.35. The van der Waals surface area contributed by atoms with Gasteiger partial charge in [-0.15, -0.1) is 0 Å². The van der Waals surface area contributed by atoms with Gasteiger partial charge in [0.25, 0.3) is 0 Å². The smallest absolute Gasteiger partial charge is 0.0366 e. The van der Waals surface area contributed by atoms with E-state index in [9.17, 15) is 0 Å². The lowest BCUT2D eigenvalue weighted by Gasteiger charge is -2.33. The fourth-order valence-corrected chi connectivity index (χ4v) is 2.38. The topological polar surface area (TPSA) is 3.24 Å². The Balaban J connectivity index is 1.96. The Labute approximate surface area is 91.5 Å². The molecule has 0 aromatic heterocycles. The molecule has 0 bridgehead atoms. The van der Waals surface area contributed by atoms with Crippen LogP contribution in [0, 0.1) is 5.92 Å². The molecule has 1 aromatic rings. The lowest BCUT2D eigenvalue weighted by Crippen LogP contribution is -2.34. The van der Waals surface area contributed by atoms with Gasteiger partial charge in [-0.25, -0.2) is 0 Å². The second-order valence-corrected chi connectivity index (χ2v) is 4.31. The molecular weight excluding hydrogens is 190 g/mol. The van der Waals surface area contributed by atoms with E-state index in [2.05, 4.69) is 47.9 Å². The van der Waals surface area contributed by atoms with Crippen LogP contribution in [0.4, 0.5) is 5.69 Å². The van der Waals surface area contributed by atoms with Gasteiger partial charge in [-0.05, 0) is 36.6 Å². The van der Waals surface area contributed by atoms with E-state index in [1.54, 1.807) is 0 Å². The van der Waals surface area contributed by atoms with Crippen LogP contribution in [-0.4, -0.2) is 18.8 Å². The van der Waals surface area contributed by atoms with Gasteiger partial charge >= 0.3 is 0 Å². The van der Waals surface area contributed by atoms with Crippen LogP contribution < -0.4 is 4.90 Å². The summed E-state index contributed by atoms with van der Waals surface area (Å²) in [4.78, 5) is 2.47. The summed E-state index contributed by atoms with van der Waals surface area (Å²) in [5, 5.41) is 0. The Morgan fingerprint density at radius 3 is 2.36 bits per heavy atom. The molecule has 2 heteroatoms. The van der Waals surface area contributed by atoms with Gasteiger partial charge in [0.2, 0.25) is 0 Å². The van der Waals surface area contributed by atoms with Crippen molar-refractivity contribution in [3.05, 3.63) is 30.3 Å². The van der Waals surface area contributed by atoms with E-state index in [0.717, 1.165) is 11.7 Å². The summed E-state index contributed by atoms with van der Waals surface area (Å²) in [6, 6.07) is 10.7. The predicted octanol–water partition coefficient (Wildman–Crippen LogP) is 2.83. The van der Waals surface area contributed by atoms with Gasteiger partial charge in [-0.3, -0.25) is 0 Å². The zero-order valence-corrected chi connectivity index (χ0v) is 9.29. The van der Waals surface area contributed by atoms with Gasteiger partial charge in [-0.1, -0.05) is 18.2 Å². The van der Waals surface area contributed by atoms with Gasteiger partial charge in [0, 0.05) is 18.8 Å². The van der Waals surface area contributed by atoms with Crippen molar-refractivity contribution < 1.29 is 0 Å². The largest absolute Gasteiger partial charge is 0.372 e. The molecule has 0 saturated carbocycles. The van der Waals surface area contributed by atoms with Crippen LogP contribution in [0.15, 0.2) is 30.3 Å². The Morgan fingerprint density at radius 2 is 1.79 bits per heavy atom. The number of benzene rings is 1. The van der Waals surface area contributed by atoms with Crippen molar-refractivity contribution >= 4 is 18.3 Å². The van der Waals surface area contributed by atoms with E-state index in [-0.39, 0.29) is 0 Å². The zero-order valence-electron chi connectivity index (χ0n) is 8.39. The second kappa shape index (κ2) is 4.74. The van der Waals surface area contributed by atoms with Crippen LogP contribution in [0.5, 0.6) is 0 Å². The molecule has 0 unspecified atom stereocenters. The molecule has 0 N–H and O–H groups in total. The van der Waals surface area contributed by atoms with Gasteiger partial charge in [-0.2, -0.15) is 12.6 Å². The number of thiol groups is 1. The van der Waals surface area contributed by atoms with Crippen molar-refractivity contribution in [2.75, 3.05) is 23.7 Å². The zero-order chi connectivity index (χ0) is 9.80. The fourth-order valence-electron chi connectivity index (χ4n) is 2.01. The summed E-state index contributed by atoms with van der Waals surface area (Å²) < 4.78 is 0. The first-order valence-corrected chi connectivity index (χ1v) is 5.94. The summed E-state index contributed by atoms with van der Waals surface area (Å²) in [6.07, 6.45) is 2.58. The molecule has 14 heavy (non-hydrogen) atoms. The van der Waals surface area contributed by atoms with Crippen molar-refractivity contribution in [1.82, 2.24) is 0 Å². The normalized spacial score (nSPS) is 18.5. The number of para-hydroxylation sites is 1. The number of hydrogen-bond acceptors (Lipinski definition) is 2. The fraction of sp³-hybridized carbons (Fsp3) is 0.500. The summed E-state index contributed by atoms with van der Waals surface area (Å²) in [5.41, 5.74) is 1.37. The maximum Gasteiger partial charge on any atom is 0.0366 e. The highest BCUT2D eigenvalue weighted by Crippen LogP contribution is 2.23.